The molecule has 4 nitrogen and oxygen atoms in total. The second-order valence-electron chi connectivity index (χ2n) is 5.94. The first-order chi connectivity index (χ1) is 9.04. The molecule has 0 bridgehead atoms. The summed E-state index contributed by atoms with van der Waals surface area (Å²) in [6.07, 6.45) is 3.70. The molecule has 0 spiro atoms. The molecule has 0 aliphatic heterocycles. The van der Waals surface area contributed by atoms with Crippen molar-refractivity contribution in [2.24, 2.45) is 5.92 Å². The van der Waals surface area contributed by atoms with Gasteiger partial charge in [-0.25, -0.2) is 0 Å². The van der Waals surface area contributed by atoms with Crippen molar-refractivity contribution in [3.05, 3.63) is 0 Å². The van der Waals surface area contributed by atoms with Gasteiger partial charge in [-0.15, -0.1) is 0 Å². The van der Waals surface area contributed by atoms with Crippen molar-refractivity contribution in [1.82, 2.24) is 10.2 Å². The lowest BCUT2D eigenvalue weighted by molar-refractivity contribution is 0.0595. The van der Waals surface area contributed by atoms with Gasteiger partial charge in [-0.05, 0) is 52.6 Å². The van der Waals surface area contributed by atoms with Gasteiger partial charge in [-0.3, -0.25) is 5.32 Å². The smallest absolute Gasteiger partial charge is 0.122 e. The Labute approximate surface area is 118 Å². The highest BCUT2D eigenvalue weighted by Gasteiger charge is 2.45. The summed E-state index contributed by atoms with van der Waals surface area (Å²) in [5.74, 6) is 0.525. The first kappa shape index (κ1) is 16.4. The summed E-state index contributed by atoms with van der Waals surface area (Å²) in [5.41, 5.74) is -0.359. The van der Waals surface area contributed by atoms with Crippen LogP contribution in [0, 0.1) is 17.2 Å². The van der Waals surface area contributed by atoms with Gasteiger partial charge in [0, 0.05) is 13.1 Å². The third-order valence-corrected chi connectivity index (χ3v) is 3.61. The van der Waals surface area contributed by atoms with Crippen LogP contribution in [0.1, 0.15) is 40.0 Å². The first-order valence-corrected chi connectivity index (χ1v) is 7.50. The molecule has 1 unspecified atom stereocenters. The van der Waals surface area contributed by atoms with Crippen LogP contribution in [0.3, 0.4) is 0 Å². The van der Waals surface area contributed by atoms with E-state index in [0.29, 0.717) is 5.92 Å². The fourth-order valence-electron chi connectivity index (χ4n) is 2.37. The predicted molar refractivity (Wildman–Crippen MR) is 77.9 cm³/mol. The maximum Gasteiger partial charge on any atom is 0.122 e. The Morgan fingerprint density at radius 3 is 2.63 bits per heavy atom. The van der Waals surface area contributed by atoms with Gasteiger partial charge < -0.3 is 9.64 Å². The van der Waals surface area contributed by atoms with E-state index in [2.05, 4.69) is 30.3 Å². The van der Waals surface area contributed by atoms with Crippen molar-refractivity contribution in [3.63, 3.8) is 0 Å². The summed E-state index contributed by atoms with van der Waals surface area (Å²) in [4.78, 5) is 2.21. The van der Waals surface area contributed by atoms with Crippen LogP contribution in [0.25, 0.3) is 0 Å². The van der Waals surface area contributed by atoms with Crippen molar-refractivity contribution in [2.75, 3.05) is 33.3 Å². The summed E-state index contributed by atoms with van der Waals surface area (Å²) < 4.78 is 5.57. The average molecular weight is 267 g/mol. The van der Waals surface area contributed by atoms with Crippen molar-refractivity contribution >= 4 is 0 Å². The normalized spacial score (nSPS) is 18.6. The summed E-state index contributed by atoms with van der Waals surface area (Å²) >= 11 is 0. The fraction of sp³-hybridized carbons (Fsp3) is 0.933. The number of hydrogen-bond donors (Lipinski definition) is 1. The third kappa shape index (κ3) is 5.48. The molecule has 0 heterocycles. The monoisotopic (exact) mass is 267 g/mol. The largest absolute Gasteiger partial charge is 0.377 e. The lowest BCUT2D eigenvalue weighted by Crippen LogP contribution is -2.54. The van der Waals surface area contributed by atoms with E-state index < -0.39 is 0 Å². The highest BCUT2D eigenvalue weighted by atomic mass is 16.5. The summed E-state index contributed by atoms with van der Waals surface area (Å²) in [6, 6.07) is 2.55. The molecule has 0 aromatic heterocycles. The van der Waals surface area contributed by atoms with Crippen molar-refractivity contribution in [1.29, 1.82) is 5.26 Å². The van der Waals surface area contributed by atoms with Crippen LogP contribution < -0.4 is 5.32 Å². The Morgan fingerprint density at radius 2 is 2.16 bits per heavy atom. The molecule has 0 aromatic carbocycles. The molecule has 1 atom stereocenters. The Hall–Kier alpha value is -0.630. The third-order valence-electron chi connectivity index (χ3n) is 3.61. The lowest BCUT2D eigenvalue weighted by atomic mass is 9.94. The number of ether oxygens (including phenoxy) is 1. The molecule has 1 fully saturated rings. The first-order valence-electron chi connectivity index (χ1n) is 7.50. The average Bonchev–Trinajstić information content (AvgIpc) is 3.18. The van der Waals surface area contributed by atoms with Gasteiger partial charge in [0.2, 0.25) is 0 Å². The van der Waals surface area contributed by atoms with Crippen molar-refractivity contribution in [2.45, 2.75) is 51.7 Å². The molecular formula is C15H29N3O. The Bertz CT molecular complexity index is 296. The topological polar surface area (TPSA) is 48.3 Å². The molecule has 1 N–H and O–H groups in total. The van der Waals surface area contributed by atoms with E-state index >= 15 is 0 Å². The number of nitrogens with one attached hydrogen (secondary N) is 1. The van der Waals surface area contributed by atoms with Crippen LogP contribution in [0.15, 0.2) is 0 Å². The van der Waals surface area contributed by atoms with Crippen molar-refractivity contribution < 1.29 is 4.74 Å². The van der Waals surface area contributed by atoms with E-state index in [1.165, 1.54) is 12.8 Å². The van der Waals surface area contributed by atoms with Crippen LogP contribution in [-0.2, 0) is 4.74 Å². The van der Waals surface area contributed by atoms with E-state index in [1.54, 1.807) is 0 Å². The van der Waals surface area contributed by atoms with Gasteiger partial charge in [-0.1, -0.05) is 6.92 Å². The van der Waals surface area contributed by atoms with Crippen LogP contribution >= 0.6 is 0 Å². The summed E-state index contributed by atoms with van der Waals surface area (Å²) in [5, 5.41) is 13.1. The number of nitrogens with zero attached hydrogens (tertiary/aromatic N) is 2. The van der Waals surface area contributed by atoms with E-state index in [1.807, 2.05) is 13.8 Å². The van der Waals surface area contributed by atoms with Gasteiger partial charge in [0.05, 0.1) is 18.8 Å². The fourth-order valence-corrected chi connectivity index (χ4v) is 2.37. The van der Waals surface area contributed by atoms with E-state index in [4.69, 9.17) is 4.74 Å². The zero-order valence-corrected chi connectivity index (χ0v) is 12.9. The molecule has 1 aliphatic rings. The van der Waals surface area contributed by atoms with Gasteiger partial charge >= 0.3 is 0 Å². The Morgan fingerprint density at radius 1 is 1.47 bits per heavy atom. The molecule has 0 saturated heterocycles. The minimum absolute atomic E-state index is 0.274. The summed E-state index contributed by atoms with van der Waals surface area (Å²) in [6.45, 7) is 9.55. The van der Waals surface area contributed by atoms with Gasteiger partial charge in [-0.2, -0.15) is 5.26 Å². The second-order valence-corrected chi connectivity index (χ2v) is 5.94. The Kier molecular flexibility index (Phi) is 6.78. The molecule has 4 heteroatoms. The Balaban J connectivity index is 2.45. The van der Waals surface area contributed by atoms with Gasteiger partial charge in [0.15, 0.2) is 0 Å². The van der Waals surface area contributed by atoms with Crippen LogP contribution in [0.5, 0.6) is 0 Å². The molecule has 1 saturated carbocycles. The highest BCUT2D eigenvalue weighted by molar-refractivity contribution is 5.16. The molecule has 1 rings (SSSR count). The maximum atomic E-state index is 9.61. The molecular weight excluding hydrogens is 238 g/mol. The quantitative estimate of drug-likeness (QED) is 0.658. The SMILES string of the molecule is CCCNC(C#N)(CN(C)CCOC(C)C)C1CC1. The minimum atomic E-state index is -0.359. The molecule has 0 aromatic rings. The number of hydrogen-bond acceptors (Lipinski definition) is 4. The number of rotatable bonds is 10. The maximum absolute atomic E-state index is 9.61. The molecule has 0 amide bonds. The standard InChI is InChI=1S/C15H29N3O/c1-5-8-17-15(11-16,14-6-7-14)12-18(4)9-10-19-13(2)3/h13-14,17H,5-10,12H2,1-4H3. The summed E-state index contributed by atoms with van der Waals surface area (Å²) in [7, 11) is 2.08. The molecule has 1 aliphatic carbocycles. The molecule has 19 heavy (non-hydrogen) atoms. The van der Waals surface area contributed by atoms with E-state index in [0.717, 1.165) is 32.7 Å². The van der Waals surface area contributed by atoms with E-state index in [9.17, 15) is 5.26 Å². The van der Waals surface area contributed by atoms with Crippen LogP contribution in [0.2, 0.25) is 0 Å². The van der Waals surface area contributed by atoms with Crippen molar-refractivity contribution in [3.8, 4) is 6.07 Å². The zero-order valence-electron chi connectivity index (χ0n) is 12.9. The van der Waals surface area contributed by atoms with Gasteiger partial charge in [0.1, 0.15) is 5.54 Å². The molecule has 110 valence electrons. The number of likely N-dealkylation sites (N-methyl/N-ethyl adjacent to an activating group) is 1. The van der Waals surface area contributed by atoms with Crippen LogP contribution in [-0.4, -0.2) is 49.8 Å². The van der Waals surface area contributed by atoms with E-state index in [-0.39, 0.29) is 11.6 Å². The second kappa shape index (κ2) is 7.84. The van der Waals surface area contributed by atoms with Gasteiger partial charge in [0.25, 0.3) is 0 Å². The van der Waals surface area contributed by atoms with Crippen LogP contribution in [0.4, 0.5) is 0 Å². The minimum Gasteiger partial charge on any atom is -0.377 e. The predicted octanol–water partition coefficient (Wildman–Crippen LogP) is 2.02. The molecule has 0 radical (unpaired) electrons. The highest BCUT2D eigenvalue weighted by Crippen LogP contribution is 2.39. The number of nitriles is 1. The zero-order chi connectivity index (χ0) is 14.3. The lowest BCUT2D eigenvalue weighted by Gasteiger charge is -2.32.